The Bertz CT molecular complexity index is 449. The van der Waals surface area contributed by atoms with Crippen molar-refractivity contribution in [2.45, 2.75) is 27.7 Å². The van der Waals surface area contributed by atoms with E-state index < -0.39 is 0 Å². The summed E-state index contributed by atoms with van der Waals surface area (Å²) in [4.78, 5) is 26.4. The van der Waals surface area contributed by atoms with Crippen molar-refractivity contribution in [3.8, 4) is 0 Å². The van der Waals surface area contributed by atoms with E-state index in [4.69, 9.17) is 0 Å². The molecule has 1 rings (SSSR count). The van der Waals surface area contributed by atoms with Gasteiger partial charge in [0.1, 0.15) is 5.69 Å². The van der Waals surface area contributed by atoms with E-state index in [1.54, 1.807) is 13.8 Å². The molecule has 1 aromatic heterocycles. The van der Waals surface area contributed by atoms with Crippen molar-refractivity contribution in [3.05, 3.63) is 22.5 Å². The number of aromatic nitrogens is 1. The minimum Gasteiger partial charge on any atom is -0.354 e. The van der Waals surface area contributed by atoms with Crippen molar-refractivity contribution in [3.63, 3.8) is 0 Å². The van der Waals surface area contributed by atoms with E-state index in [0.29, 0.717) is 17.8 Å². The molecule has 0 atom stereocenters. The molecule has 1 amide bonds. The number of aryl methyl sites for hydroxylation is 1. The average Bonchev–Trinajstić information content (AvgIpc) is 2.60. The normalized spacial score (nSPS) is 10.4. The minimum atomic E-state index is -0.166. The molecule has 0 saturated carbocycles. The van der Waals surface area contributed by atoms with Gasteiger partial charge in [-0.3, -0.25) is 9.59 Å². The zero-order valence-corrected chi connectivity index (χ0v) is 11.4. The number of amides is 1. The predicted molar refractivity (Wildman–Crippen MR) is 71.1 cm³/mol. The van der Waals surface area contributed by atoms with Gasteiger partial charge in [-0.25, -0.2) is 0 Å². The van der Waals surface area contributed by atoms with E-state index >= 15 is 0 Å². The second kappa shape index (κ2) is 6.35. The van der Waals surface area contributed by atoms with Crippen molar-refractivity contribution >= 4 is 11.7 Å². The summed E-state index contributed by atoms with van der Waals surface area (Å²) in [6, 6.07) is 0. The van der Waals surface area contributed by atoms with Gasteiger partial charge in [0.2, 0.25) is 0 Å². The number of nitrogens with one attached hydrogen (secondary N) is 3. The van der Waals surface area contributed by atoms with Crippen LogP contribution in [-0.2, 0) is 0 Å². The molecular formula is C13H21N3O2. The molecule has 1 aromatic rings. The Labute approximate surface area is 107 Å². The standard InChI is InChI=1S/C13H21N3O2/c1-5-14-6-7-15-13(18)12-8(2)11(10(4)17)9(3)16-12/h14,16H,5-7H2,1-4H3,(H,15,18). The van der Waals surface area contributed by atoms with Gasteiger partial charge in [-0.2, -0.15) is 0 Å². The highest BCUT2D eigenvalue weighted by molar-refractivity contribution is 6.02. The molecule has 18 heavy (non-hydrogen) atoms. The molecule has 0 unspecified atom stereocenters. The number of hydrogen-bond acceptors (Lipinski definition) is 3. The van der Waals surface area contributed by atoms with Crippen LogP contribution < -0.4 is 10.6 Å². The van der Waals surface area contributed by atoms with Crippen LogP contribution in [0.4, 0.5) is 0 Å². The number of aromatic amines is 1. The molecule has 0 aliphatic rings. The average molecular weight is 251 g/mol. The summed E-state index contributed by atoms with van der Waals surface area (Å²) in [6.07, 6.45) is 0. The highest BCUT2D eigenvalue weighted by Crippen LogP contribution is 2.18. The molecule has 0 aliphatic carbocycles. The molecule has 5 nitrogen and oxygen atoms in total. The SMILES string of the molecule is CCNCCNC(=O)c1[nH]c(C)c(C(C)=O)c1C. The molecule has 0 fully saturated rings. The number of Topliss-reactive ketones (excluding diaryl/α,β-unsaturated/α-hetero) is 1. The lowest BCUT2D eigenvalue weighted by molar-refractivity contribution is 0.0948. The summed E-state index contributed by atoms with van der Waals surface area (Å²) in [5, 5.41) is 5.94. The molecular weight excluding hydrogens is 230 g/mol. The summed E-state index contributed by atoms with van der Waals surface area (Å²) < 4.78 is 0. The second-order valence-corrected chi connectivity index (χ2v) is 4.29. The highest BCUT2D eigenvalue weighted by Gasteiger charge is 2.19. The number of hydrogen-bond donors (Lipinski definition) is 3. The van der Waals surface area contributed by atoms with E-state index in [1.165, 1.54) is 6.92 Å². The number of carbonyl (C=O) groups is 2. The Morgan fingerprint density at radius 1 is 1.22 bits per heavy atom. The summed E-state index contributed by atoms with van der Waals surface area (Å²) in [5.74, 6) is -0.186. The van der Waals surface area contributed by atoms with Gasteiger partial charge >= 0.3 is 0 Å². The van der Waals surface area contributed by atoms with Crippen molar-refractivity contribution in [2.75, 3.05) is 19.6 Å². The van der Waals surface area contributed by atoms with Crippen LogP contribution in [0.15, 0.2) is 0 Å². The third-order valence-corrected chi connectivity index (χ3v) is 2.85. The monoisotopic (exact) mass is 251 g/mol. The summed E-state index contributed by atoms with van der Waals surface area (Å²) in [5.41, 5.74) is 2.57. The first kappa shape index (κ1) is 14.4. The third kappa shape index (κ3) is 3.20. The Morgan fingerprint density at radius 3 is 2.39 bits per heavy atom. The van der Waals surface area contributed by atoms with Crippen LogP contribution in [0, 0.1) is 13.8 Å². The number of ketones is 1. The highest BCUT2D eigenvalue weighted by atomic mass is 16.2. The molecule has 3 N–H and O–H groups in total. The number of carbonyl (C=O) groups excluding carboxylic acids is 2. The third-order valence-electron chi connectivity index (χ3n) is 2.85. The molecule has 0 aromatic carbocycles. The van der Waals surface area contributed by atoms with Gasteiger partial charge in [-0.05, 0) is 32.9 Å². The van der Waals surface area contributed by atoms with E-state index in [0.717, 1.165) is 24.3 Å². The number of rotatable bonds is 6. The van der Waals surface area contributed by atoms with Crippen molar-refractivity contribution in [2.24, 2.45) is 0 Å². The van der Waals surface area contributed by atoms with Gasteiger partial charge in [0.15, 0.2) is 5.78 Å². The van der Waals surface area contributed by atoms with Crippen LogP contribution in [0.3, 0.4) is 0 Å². The summed E-state index contributed by atoms with van der Waals surface area (Å²) in [7, 11) is 0. The first-order valence-electron chi connectivity index (χ1n) is 6.18. The zero-order chi connectivity index (χ0) is 13.7. The van der Waals surface area contributed by atoms with Crippen molar-refractivity contribution < 1.29 is 9.59 Å². The second-order valence-electron chi connectivity index (χ2n) is 4.29. The molecule has 0 aliphatic heterocycles. The summed E-state index contributed by atoms with van der Waals surface area (Å²) >= 11 is 0. The van der Waals surface area contributed by atoms with Crippen LogP contribution in [0.2, 0.25) is 0 Å². The maximum atomic E-state index is 11.9. The van der Waals surface area contributed by atoms with Crippen LogP contribution in [0.25, 0.3) is 0 Å². The summed E-state index contributed by atoms with van der Waals surface area (Å²) in [6.45, 7) is 9.30. The molecule has 0 spiro atoms. The van der Waals surface area contributed by atoms with Gasteiger partial charge in [0.05, 0.1) is 0 Å². The van der Waals surface area contributed by atoms with Gasteiger partial charge in [0, 0.05) is 24.3 Å². The fourth-order valence-electron chi connectivity index (χ4n) is 2.03. The molecule has 0 radical (unpaired) electrons. The van der Waals surface area contributed by atoms with Gasteiger partial charge in [-0.1, -0.05) is 6.92 Å². The van der Waals surface area contributed by atoms with E-state index in [1.807, 2.05) is 6.92 Å². The van der Waals surface area contributed by atoms with E-state index in [2.05, 4.69) is 15.6 Å². The lowest BCUT2D eigenvalue weighted by atomic mass is 10.1. The minimum absolute atomic E-state index is 0.0204. The quantitative estimate of drug-likeness (QED) is 0.525. The van der Waals surface area contributed by atoms with Gasteiger partial charge < -0.3 is 15.6 Å². The predicted octanol–water partition coefficient (Wildman–Crippen LogP) is 1.17. The maximum Gasteiger partial charge on any atom is 0.268 e. The fraction of sp³-hybridized carbons (Fsp3) is 0.538. The Kier molecular flexibility index (Phi) is 5.09. The maximum absolute atomic E-state index is 11.9. The molecule has 0 saturated heterocycles. The number of likely N-dealkylation sites (N-methyl/N-ethyl adjacent to an activating group) is 1. The molecule has 0 bridgehead atoms. The lowest BCUT2D eigenvalue weighted by Crippen LogP contribution is -2.32. The Balaban J connectivity index is 2.75. The van der Waals surface area contributed by atoms with Gasteiger partial charge in [0.25, 0.3) is 5.91 Å². The topological polar surface area (TPSA) is 74.0 Å². The Hall–Kier alpha value is -1.62. The zero-order valence-electron chi connectivity index (χ0n) is 11.4. The number of H-pyrrole nitrogens is 1. The Morgan fingerprint density at radius 2 is 1.89 bits per heavy atom. The van der Waals surface area contributed by atoms with E-state index in [-0.39, 0.29) is 11.7 Å². The van der Waals surface area contributed by atoms with Crippen LogP contribution in [-0.4, -0.2) is 36.3 Å². The van der Waals surface area contributed by atoms with Crippen molar-refractivity contribution in [1.29, 1.82) is 0 Å². The van der Waals surface area contributed by atoms with E-state index in [9.17, 15) is 9.59 Å². The molecule has 1 heterocycles. The fourth-order valence-corrected chi connectivity index (χ4v) is 2.03. The van der Waals surface area contributed by atoms with Crippen molar-refractivity contribution in [1.82, 2.24) is 15.6 Å². The molecule has 5 heteroatoms. The lowest BCUT2D eigenvalue weighted by Gasteiger charge is -2.05. The van der Waals surface area contributed by atoms with Gasteiger partial charge in [-0.15, -0.1) is 0 Å². The smallest absolute Gasteiger partial charge is 0.268 e. The van der Waals surface area contributed by atoms with Crippen LogP contribution in [0.1, 0.15) is 46.0 Å². The largest absolute Gasteiger partial charge is 0.354 e. The first-order valence-corrected chi connectivity index (χ1v) is 6.18. The van der Waals surface area contributed by atoms with Crippen LogP contribution in [0.5, 0.6) is 0 Å². The van der Waals surface area contributed by atoms with Crippen LogP contribution >= 0.6 is 0 Å². The molecule has 100 valence electrons. The first-order chi connectivity index (χ1) is 8.49.